The summed E-state index contributed by atoms with van der Waals surface area (Å²) >= 11 is 12.3. The lowest BCUT2D eigenvalue weighted by Gasteiger charge is -2.29. The Morgan fingerprint density at radius 1 is 1.08 bits per heavy atom. The van der Waals surface area contributed by atoms with E-state index in [2.05, 4.69) is 51.1 Å². The van der Waals surface area contributed by atoms with Crippen molar-refractivity contribution in [1.29, 1.82) is 0 Å². The van der Waals surface area contributed by atoms with Crippen LogP contribution in [-0.4, -0.2) is 34.3 Å². The van der Waals surface area contributed by atoms with Gasteiger partial charge in [-0.1, -0.05) is 23.7 Å². The number of hydrogen-bond acceptors (Lipinski definition) is 4. The Morgan fingerprint density at radius 2 is 1.90 bits per heavy atom. The second-order valence-electron chi connectivity index (χ2n) is 9.62. The summed E-state index contributed by atoms with van der Waals surface area (Å²) in [5.41, 5.74) is 7.80. The quantitative estimate of drug-likeness (QED) is 0.262. The molecule has 1 amide bonds. The zero-order valence-corrected chi connectivity index (χ0v) is 23.8. The number of nitrogens with zero attached hydrogens (tertiary/aromatic N) is 3. The largest absolute Gasteiger partial charge is 0.375 e. The van der Waals surface area contributed by atoms with E-state index < -0.39 is 0 Å². The van der Waals surface area contributed by atoms with Crippen LogP contribution in [0.25, 0.3) is 5.69 Å². The summed E-state index contributed by atoms with van der Waals surface area (Å²) in [6.45, 7) is 6.18. The third kappa shape index (κ3) is 5.28. The van der Waals surface area contributed by atoms with Crippen LogP contribution in [0.15, 0.2) is 72.9 Å². The fraction of sp³-hybridized carbons (Fsp3) is 0.233. The maximum atomic E-state index is 12.1. The van der Waals surface area contributed by atoms with Gasteiger partial charge < -0.3 is 24.8 Å². The number of nitrogens with one attached hydrogen (secondary N) is 2. The molecule has 2 aromatic carbocycles. The Labute approximate surface area is 238 Å². The maximum Gasteiger partial charge on any atom is 0.250 e. The van der Waals surface area contributed by atoms with Crippen LogP contribution >= 0.6 is 23.8 Å². The van der Waals surface area contributed by atoms with Gasteiger partial charge in [0, 0.05) is 46.8 Å². The van der Waals surface area contributed by atoms with E-state index in [1.54, 1.807) is 6.20 Å². The van der Waals surface area contributed by atoms with E-state index in [0.717, 1.165) is 45.3 Å². The lowest BCUT2D eigenvalue weighted by molar-refractivity contribution is -0.119. The van der Waals surface area contributed by atoms with Crippen molar-refractivity contribution in [3.8, 4) is 5.69 Å². The lowest BCUT2D eigenvalue weighted by Crippen LogP contribution is -2.29. The molecular formula is C30H30ClN5O2S. The number of ether oxygens (including phenoxy) is 1. The summed E-state index contributed by atoms with van der Waals surface area (Å²) in [7, 11) is 1.50. The van der Waals surface area contributed by atoms with Gasteiger partial charge in [-0.15, -0.1) is 0 Å². The SMILES string of the molecule is COCC(=O)Nc1ccc(N2C(=S)N[C@@H](c3ccccn3)[C@@H]2c2cc(C)n(-c3cccc(Cl)c3)c2C)cc1C. The van der Waals surface area contributed by atoms with Crippen molar-refractivity contribution in [3.05, 3.63) is 106 Å². The first kappa shape index (κ1) is 26.9. The average Bonchev–Trinajstić information content (AvgIpc) is 3.40. The van der Waals surface area contributed by atoms with Crippen molar-refractivity contribution in [2.75, 3.05) is 23.9 Å². The molecule has 0 bridgehead atoms. The molecule has 39 heavy (non-hydrogen) atoms. The van der Waals surface area contributed by atoms with Crippen molar-refractivity contribution in [2.24, 2.45) is 0 Å². The van der Waals surface area contributed by atoms with Crippen molar-refractivity contribution in [3.63, 3.8) is 0 Å². The fourth-order valence-corrected chi connectivity index (χ4v) is 5.83. The lowest BCUT2D eigenvalue weighted by atomic mass is 9.96. The molecule has 2 aromatic heterocycles. The molecule has 200 valence electrons. The molecule has 1 aliphatic heterocycles. The maximum absolute atomic E-state index is 12.1. The van der Waals surface area contributed by atoms with E-state index in [9.17, 15) is 4.79 Å². The summed E-state index contributed by atoms with van der Waals surface area (Å²) in [6.07, 6.45) is 1.80. The summed E-state index contributed by atoms with van der Waals surface area (Å²) in [4.78, 5) is 18.9. The molecule has 7 nitrogen and oxygen atoms in total. The van der Waals surface area contributed by atoms with Gasteiger partial charge in [-0.2, -0.15) is 0 Å². The monoisotopic (exact) mass is 559 g/mol. The Bertz CT molecular complexity index is 1540. The van der Waals surface area contributed by atoms with Gasteiger partial charge in [-0.25, -0.2) is 0 Å². The number of carbonyl (C=O) groups is 1. The second kappa shape index (κ2) is 11.2. The molecule has 0 spiro atoms. The van der Waals surface area contributed by atoms with Crippen LogP contribution < -0.4 is 15.5 Å². The van der Waals surface area contributed by atoms with Gasteiger partial charge >= 0.3 is 0 Å². The number of benzene rings is 2. The molecule has 5 rings (SSSR count). The molecule has 3 heterocycles. The third-order valence-electron chi connectivity index (χ3n) is 6.99. The van der Waals surface area contributed by atoms with Crippen LogP contribution in [0.4, 0.5) is 11.4 Å². The molecular weight excluding hydrogens is 530 g/mol. The van der Waals surface area contributed by atoms with Crippen LogP contribution in [0.2, 0.25) is 5.02 Å². The number of aryl methyl sites for hydroxylation is 2. The van der Waals surface area contributed by atoms with E-state index >= 15 is 0 Å². The van der Waals surface area contributed by atoms with Crippen molar-refractivity contribution >= 4 is 46.2 Å². The highest BCUT2D eigenvalue weighted by Crippen LogP contribution is 2.44. The highest BCUT2D eigenvalue weighted by atomic mass is 35.5. The first-order valence-corrected chi connectivity index (χ1v) is 13.4. The third-order valence-corrected chi connectivity index (χ3v) is 7.54. The minimum absolute atomic E-state index is 0.00258. The van der Waals surface area contributed by atoms with Gasteiger partial charge in [-0.3, -0.25) is 9.78 Å². The van der Waals surface area contributed by atoms with Gasteiger partial charge in [-0.05, 0) is 98.7 Å². The average molecular weight is 560 g/mol. The first-order chi connectivity index (χ1) is 18.8. The molecule has 1 saturated heterocycles. The van der Waals surface area contributed by atoms with Crippen LogP contribution in [0.3, 0.4) is 0 Å². The molecule has 2 atom stereocenters. The van der Waals surface area contributed by atoms with Gasteiger partial charge in [0.25, 0.3) is 0 Å². The highest BCUT2D eigenvalue weighted by molar-refractivity contribution is 7.80. The number of amides is 1. The number of halogens is 1. The number of anilines is 2. The zero-order valence-electron chi connectivity index (χ0n) is 22.2. The Hall–Kier alpha value is -3.72. The standard InChI is InChI=1S/C30H30ClN5O2S/c1-18-14-23(11-12-25(18)33-27(37)17-38-4)36-29(28(34-30(36)39)26-10-5-6-13-32-26)24-15-19(2)35(20(24)3)22-9-7-8-21(31)16-22/h5-16,28-29H,17H2,1-4H3,(H,33,37)(H,34,39)/t28-,29-/m0/s1. The van der Waals surface area contributed by atoms with E-state index in [0.29, 0.717) is 10.1 Å². The number of pyridine rings is 1. The van der Waals surface area contributed by atoms with Gasteiger partial charge in [0.15, 0.2) is 5.11 Å². The van der Waals surface area contributed by atoms with Crippen LogP contribution in [-0.2, 0) is 9.53 Å². The zero-order chi connectivity index (χ0) is 27.7. The number of thiocarbonyl (C=S) groups is 1. The topological polar surface area (TPSA) is 71.4 Å². The number of rotatable bonds is 7. The van der Waals surface area contributed by atoms with Crippen molar-refractivity contribution in [1.82, 2.24) is 14.9 Å². The summed E-state index contributed by atoms with van der Waals surface area (Å²) in [5, 5.41) is 7.74. The van der Waals surface area contributed by atoms with E-state index in [4.69, 9.17) is 28.6 Å². The van der Waals surface area contributed by atoms with Crippen molar-refractivity contribution in [2.45, 2.75) is 32.9 Å². The summed E-state index contributed by atoms with van der Waals surface area (Å²) in [6, 6.07) is 21.6. The van der Waals surface area contributed by atoms with Gasteiger partial charge in [0.2, 0.25) is 5.91 Å². The minimum Gasteiger partial charge on any atom is -0.375 e. The molecule has 1 fully saturated rings. The molecule has 1 aliphatic rings. The molecule has 0 radical (unpaired) electrons. The highest BCUT2D eigenvalue weighted by Gasteiger charge is 2.42. The molecule has 2 N–H and O–H groups in total. The summed E-state index contributed by atoms with van der Waals surface area (Å²) in [5.74, 6) is -0.201. The smallest absolute Gasteiger partial charge is 0.250 e. The predicted octanol–water partition coefficient (Wildman–Crippen LogP) is 6.21. The minimum atomic E-state index is -0.201. The van der Waals surface area contributed by atoms with Crippen LogP contribution in [0.1, 0.15) is 40.3 Å². The Morgan fingerprint density at radius 3 is 2.59 bits per heavy atom. The van der Waals surface area contributed by atoms with Crippen molar-refractivity contribution < 1.29 is 9.53 Å². The molecule has 4 aromatic rings. The van der Waals surface area contributed by atoms with Gasteiger partial charge in [0.1, 0.15) is 6.61 Å². The number of aromatic nitrogens is 2. The number of methoxy groups -OCH3 is 1. The van der Waals surface area contributed by atoms with Crippen LogP contribution in [0, 0.1) is 20.8 Å². The molecule has 0 aliphatic carbocycles. The number of hydrogen-bond donors (Lipinski definition) is 2. The van der Waals surface area contributed by atoms with E-state index in [-0.39, 0.29) is 24.6 Å². The number of carbonyl (C=O) groups excluding carboxylic acids is 1. The Kier molecular flexibility index (Phi) is 7.70. The second-order valence-corrected chi connectivity index (χ2v) is 10.4. The molecule has 9 heteroatoms. The predicted molar refractivity (Wildman–Crippen MR) is 160 cm³/mol. The Balaban J connectivity index is 1.61. The van der Waals surface area contributed by atoms with E-state index in [1.807, 2.05) is 61.5 Å². The normalized spacial score (nSPS) is 16.8. The van der Waals surface area contributed by atoms with Gasteiger partial charge in [0.05, 0.1) is 17.8 Å². The van der Waals surface area contributed by atoms with E-state index in [1.165, 1.54) is 7.11 Å². The summed E-state index contributed by atoms with van der Waals surface area (Å²) < 4.78 is 7.17. The van der Waals surface area contributed by atoms with Crippen LogP contribution in [0.5, 0.6) is 0 Å². The fourth-order valence-electron chi connectivity index (χ4n) is 5.30. The molecule has 0 saturated carbocycles. The first-order valence-electron chi connectivity index (χ1n) is 12.6. The molecule has 0 unspecified atom stereocenters.